The molecule has 0 aliphatic heterocycles. The Morgan fingerprint density at radius 1 is 1.25 bits per heavy atom. The van der Waals surface area contributed by atoms with Gasteiger partial charge in [0.05, 0.1) is 0 Å². The molecule has 1 N–H and O–H groups in total. The number of esters is 1. The Hall–Kier alpha value is -2.56. The van der Waals surface area contributed by atoms with Crippen LogP contribution in [-0.4, -0.2) is 30.3 Å². The Morgan fingerprint density at radius 3 is 2.50 bits per heavy atom. The van der Waals surface area contributed by atoms with Gasteiger partial charge in [0.2, 0.25) is 0 Å². The fourth-order valence-corrected chi connectivity index (χ4v) is 1.81. The van der Waals surface area contributed by atoms with Crippen LogP contribution in [0.5, 0.6) is 0 Å². The van der Waals surface area contributed by atoms with Gasteiger partial charge in [0.25, 0.3) is 0 Å². The zero-order chi connectivity index (χ0) is 18.0. The third kappa shape index (κ3) is 8.17. The summed E-state index contributed by atoms with van der Waals surface area (Å²) in [6.07, 6.45) is 4.81. The lowest BCUT2D eigenvalue weighted by Gasteiger charge is -2.22. The predicted molar refractivity (Wildman–Crippen MR) is 94.4 cm³/mol. The third-order valence-electron chi connectivity index (χ3n) is 2.80. The molecule has 5 heteroatoms. The smallest absolute Gasteiger partial charge is 0.408 e. The summed E-state index contributed by atoms with van der Waals surface area (Å²) in [5, 5.41) is 2.55. The molecule has 1 amide bonds. The summed E-state index contributed by atoms with van der Waals surface area (Å²) in [5.41, 5.74) is 0.368. The van der Waals surface area contributed by atoms with Crippen molar-refractivity contribution in [3.63, 3.8) is 0 Å². The molecule has 1 atom stereocenters. The van der Waals surface area contributed by atoms with Crippen LogP contribution in [0.2, 0.25) is 0 Å². The van der Waals surface area contributed by atoms with E-state index in [4.69, 9.17) is 9.47 Å². The molecule has 0 aromatic heterocycles. The van der Waals surface area contributed by atoms with Crippen molar-refractivity contribution in [1.82, 2.24) is 5.32 Å². The van der Waals surface area contributed by atoms with Gasteiger partial charge in [-0.25, -0.2) is 9.59 Å². The van der Waals surface area contributed by atoms with Crippen LogP contribution < -0.4 is 5.32 Å². The summed E-state index contributed by atoms with van der Waals surface area (Å²) in [4.78, 5) is 24.0. The standard InChI is InChI=1S/C19H25NO4/c1-5-14-23-17(21)16(20-18(22)24-19(2,3)4)13-9-12-15-10-7-6-8-11-15/h5-12,16H,1,13-14H2,2-4H3,(H,20,22)/t16-/m0/s1. The van der Waals surface area contributed by atoms with E-state index in [1.165, 1.54) is 6.08 Å². The second kappa shape index (κ2) is 9.55. The minimum absolute atomic E-state index is 0.0910. The van der Waals surface area contributed by atoms with Crippen LogP contribution in [0, 0.1) is 0 Å². The van der Waals surface area contributed by atoms with Crippen LogP contribution in [0.3, 0.4) is 0 Å². The molecule has 24 heavy (non-hydrogen) atoms. The van der Waals surface area contributed by atoms with Gasteiger partial charge < -0.3 is 14.8 Å². The number of benzene rings is 1. The number of amides is 1. The van der Waals surface area contributed by atoms with E-state index in [1.54, 1.807) is 20.8 Å². The van der Waals surface area contributed by atoms with Crippen molar-refractivity contribution in [3.05, 3.63) is 54.6 Å². The highest BCUT2D eigenvalue weighted by atomic mass is 16.6. The van der Waals surface area contributed by atoms with E-state index in [9.17, 15) is 9.59 Å². The van der Waals surface area contributed by atoms with Gasteiger partial charge in [-0.15, -0.1) is 0 Å². The number of alkyl carbamates (subject to hydrolysis) is 1. The number of hydrogen-bond acceptors (Lipinski definition) is 4. The van der Waals surface area contributed by atoms with E-state index in [0.29, 0.717) is 6.42 Å². The van der Waals surface area contributed by atoms with Crippen molar-refractivity contribution in [1.29, 1.82) is 0 Å². The van der Waals surface area contributed by atoms with Gasteiger partial charge in [0.1, 0.15) is 18.2 Å². The highest BCUT2D eigenvalue weighted by Crippen LogP contribution is 2.09. The molecule has 0 unspecified atom stereocenters. The van der Waals surface area contributed by atoms with Crippen molar-refractivity contribution in [2.24, 2.45) is 0 Å². The number of carbonyl (C=O) groups is 2. The minimum atomic E-state index is -0.820. The van der Waals surface area contributed by atoms with Crippen LogP contribution in [0.4, 0.5) is 4.79 Å². The molecule has 0 radical (unpaired) electrons. The maximum atomic E-state index is 12.1. The second-order valence-corrected chi connectivity index (χ2v) is 6.17. The van der Waals surface area contributed by atoms with Gasteiger partial charge in [-0.2, -0.15) is 0 Å². The molecule has 1 aromatic carbocycles. The maximum absolute atomic E-state index is 12.1. The summed E-state index contributed by atoms with van der Waals surface area (Å²) in [7, 11) is 0. The largest absolute Gasteiger partial charge is 0.460 e. The topological polar surface area (TPSA) is 64.6 Å². The van der Waals surface area contributed by atoms with Crippen LogP contribution >= 0.6 is 0 Å². The van der Waals surface area contributed by atoms with E-state index >= 15 is 0 Å². The lowest BCUT2D eigenvalue weighted by Crippen LogP contribution is -2.44. The molecule has 0 aliphatic carbocycles. The van der Waals surface area contributed by atoms with Crippen molar-refractivity contribution >= 4 is 18.1 Å². The number of nitrogens with one attached hydrogen (secondary N) is 1. The van der Waals surface area contributed by atoms with E-state index < -0.39 is 23.7 Å². The molecule has 0 aliphatic rings. The molecule has 1 aromatic rings. The van der Waals surface area contributed by atoms with Gasteiger partial charge in [0, 0.05) is 0 Å². The van der Waals surface area contributed by atoms with Gasteiger partial charge >= 0.3 is 12.1 Å². The highest BCUT2D eigenvalue weighted by Gasteiger charge is 2.24. The number of ether oxygens (including phenoxy) is 2. The Labute approximate surface area is 143 Å². The van der Waals surface area contributed by atoms with Gasteiger partial charge in [-0.3, -0.25) is 0 Å². The van der Waals surface area contributed by atoms with E-state index in [-0.39, 0.29) is 6.61 Å². The van der Waals surface area contributed by atoms with Crippen LogP contribution in [-0.2, 0) is 14.3 Å². The van der Waals surface area contributed by atoms with Crippen LogP contribution in [0.25, 0.3) is 6.08 Å². The van der Waals surface area contributed by atoms with Gasteiger partial charge in [0.15, 0.2) is 0 Å². The first kappa shape index (κ1) is 19.5. The number of rotatable bonds is 7. The Kier molecular flexibility index (Phi) is 7.75. The second-order valence-electron chi connectivity index (χ2n) is 6.17. The summed E-state index contributed by atoms with van der Waals surface area (Å²) in [6, 6.07) is 8.85. The Bertz CT molecular complexity index is 573. The van der Waals surface area contributed by atoms with Crippen molar-refractivity contribution < 1.29 is 19.1 Å². The monoisotopic (exact) mass is 331 g/mol. The molecule has 0 bridgehead atoms. The minimum Gasteiger partial charge on any atom is -0.460 e. The SMILES string of the molecule is C=CCOC(=O)[C@H](CC=Cc1ccccc1)NC(=O)OC(C)(C)C. The fraction of sp³-hybridized carbons (Fsp3) is 0.368. The van der Waals surface area contributed by atoms with Crippen molar-refractivity contribution in [2.75, 3.05) is 6.61 Å². The number of hydrogen-bond donors (Lipinski definition) is 1. The van der Waals surface area contributed by atoms with Crippen molar-refractivity contribution in [2.45, 2.75) is 38.8 Å². The first-order valence-corrected chi connectivity index (χ1v) is 7.80. The average molecular weight is 331 g/mol. The summed E-state index contributed by atoms with van der Waals surface area (Å²) >= 11 is 0. The quantitative estimate of drug-likeness (QED) is 0.611. The molecule has 0 fully saturated rings. The molecular weight excluding hydrogens is 306 g/mol. The van der Waals surface area contributed by atoms with E-state index in [2.05, 4.69) is 11.9 Å². The zero-order valence-corrected chi connectivity index (χ0v) is 14.5. The van der Waals surface area contributed by atoms with Crippen LogP contribution in [0.15, 0.2) is 49.1 Å². The molecule has 0 saturated heterocycles. The van der Waals surface area contributed by atoms with E-state index in [1.807, 2.05) is 42.5 Å². The summed E-state index contributed by atoms with van der Waals surface area (Å²) in [5.74, 6) is -0.529. The summed E-state index contributed by atoms with van der Waals surface area (Å²) in [6.45, 7) is 8.86. The normalized spacial score (nSPS) is 12.5. The molecule has 0 saturated carbocycles. The molecule has 0 heterocycles. The third-order valence-corrected chi connectivity index (χ3v) is 2.80. The Balaban J connectivity index is 2.70. The summed E-state index contributed by atoms with van der Waals surface area (Å²) < 4.78 is 10.2. The predicted octanol–water partition coefficient (Wildman–Crippen LogP) is 3.71. The first-order chi connectivity index (χ1) is 11.3. The molecular formula is C19H25NO4. The van der Waals surface area contributed by atoms with Gasteiger partial charge in [-0.1, -0.05) is 55.1 Å². The number of carbonyl (C=O) groups excluding carboxylic acids is 2. The van der Waals surface area contributed by atoms with Crippen molar-refractivity contribution in [3.8, 4) is 0 Å². The maximum Gasteiger partial charge on any atom is 0.408 e. The van der Waals surface area contributed by atoms with E-state index in [0.717, 1.165) is 5.56 Å². The molecule has 0 spiro atoms. The Morgan fingerprint density at radius 2 is 1.92 bits per heavy atom. The molecule has 5 nitrogen and oxygen atoms in total. The zero-order valence-electron chi connectivity index (χ0n) is 14.5. The fourth-order valence-electron chi connectivity index (χ4n) is 1.81. The lowest BCUT2D eigenvalue weighted by molar-refractivity contribution is -0.144. The molecule has 130 valence electrons. The highest BCUT2D eigenvalue weighted by molar-refractivity contribution is 5.81. The van der Waals surface area contributed by atoms with Gasteiger partial charge in [-0.05, 0) is 32.8 Å². The van der Waals surface area contributed by atoms with Crippen LogP contribution in [0.1, 0.15) is 32.8 Å². The lowest BCUT2D eigenvalue weighted by atomic mass is 10.1. The molecule has 1 rings (SSSR count). The first-order valence-electron chi connectivity index (χ1n) is 7.80. The average Bonchev–Trinajstić information content (AvgIpc) is 2.51.